The van der Waals surface area contributed by atoms with Gasteiger partial charge in [-0.05, 0) is 49.4 Å². The predicted octanol–water partition coefficient (Wildman–Crippen LogP) is 3.41. The summed E-state index contributed by atoms with van der Waals surface area (Å²) in [6.45, 7) is 1.89. The van der Waals surface area contributed by atoms with Crippen LogP contribution < -0.4 is 10.5 Å². The molecule has 0 saturated heterocycles. The SMILES string of the molecule is CC(Oc1cc2cc(C#N)ccc2nc1N)c1ncccc1-n1cccn1. The molecule has 0 saturated carbocycles. The van der Waals surface area contributed by atoms with E-state index in [1.165, 1.54) is 0 Å². The Kier molecular flexibility index (Phi) is 4.15. The van der Waals surface area contributed by atoms with Crippen LogP contribution in [-0.4, -0.2) is 19.7 Å². The number of hydrogen-bond donors (Lipinski definition) is 1. The molecule has 3 aromatic heterocycles. The van der Waals surface area contributed by atoms with E-state index in [9.17, 15) is 0 Å². The third kappa shape index (κ3) is 3.16. The zero-order valence-electron chi connectivity index (χ0n) is 14.6. The molecule has 0 aliphatic carbocycles. The van der Waals surface area contributed by atoms with E-state index in [0.29, 0.717) is 16.8 Å². The highest BCUT2D eigenvalue weighted by molar-refractivity contribution is 5.83. The third-order valence-corrected chi connectivity index (χ3v) is 4.19. The average Bonchev–Trinajstić information content (AvgIpc) is 3.23. The minimum Gasteiger partial charge on any atom is -0.480 e. The molecule has 1 unspecified atom stereocenters. The summed E-state index contributed by atoms with van der Waals surface area (Å²) >= 11 is 0. The van der Waals surface area contributed by atoms with Crippen LogP contribution in [0.15, 0.2) is 61.1 Å². The van der Waals surface area contributed by atoms with E-state index >= 15 is 0 Å². The molecule has 132 valence electrons. The molecule has 0 radical (unpaired) electrons. The minimum absolute atomic E-state index is 0.288. The van der Waals surface area contributed by atoms with Crippen molar-refractivity contribution >= 4 is 16.7 Å². The Hall–Kier alpha value is -3.92. The van der Waals surface area contributed by atoms with E-state index in [-0.39, 0.29) is 11.9 Å². The van der Waals surface area contributed by atoms with Crippen molar-refractivity contribution in [1.29, 1.82) is 5.26 Å². The highest BCUT2D eigenvalue weighted by Gasteiger charge is 2.17. The van der Waals surface area contributed by atoms with Gasteiger partial charge in [0.1, 0.15) is 11.8 Å². The van der Waals surface area contributed by atoms with Crippen molar-refractivity contribution in [2.45, 2.75) is 13.0 Å². The number of ether oxygens (including phenoxy) is 1. The average molecular weight is 356 g/mol. The number of fused-ring (bicyclic) bond motifs is 1. The fourth-order valence-electron chi connectivity index (χ4n) is 2.91. The maximum atomic E-state index is 9.09. The molecular formula is C20H16N6O. The number of nitrogens with two attached hydrogens (primary N) is 1. The number of aromatic nitrogens is 4. The number of rotatable bonds is 4. The largest absolute Gasteiger partial charge is 0.480 e. The monoisotopic (exact) mass is 356 g/mol. The number of nitriles is 1. The van der Waals surface area contributed by atoms with Gasteiger partial charge < -0.3 is 10.5 Å². The van der Waals surface area contributed by atoms with Crippen LogP contribution in [0.1, 0.15) is 24.3 Å². The van der Waals surface area contributed by atoms with E-state index in [1.807, 2.05) is 31.3 Å². The Morgan fingerprint density at radius 1 is 1.19 bits per heavy atom. The van der Waals surface area contributed by atoms with Crippen LogP contribution in [-0.2, 0) is 0 Å². The Morgan fingerprint density at radius 2 is 2.07 bits per heavy atom. The van der Waals surface area contributed by atoms with Crippen molar-refractivity contribution in [1.82, 2.24) is 19.7 Å². The van der Waals surface area contributed by atoms with E-state index in [2.05, 4.69) is 21.1 Å². The van der Waals surface area contributed by atoms with Crippen LogP contribution in [0.4, 0.5) is 5.82 Å². The van der Waals surface area contributed by atoms with Gasteiger partial charge in [0.05, 0.1) is 22.8 Å². The van der Waals surface area contributed by atoms with Gasteiger partial charge in [-0.2, -0.15) is 10.4 Å². The van der Waals surface area contributed by atoms with Crippen molar-refractivity contribution < 1.29 is 4.74 Å². The lowest BCUT2D eigenvalue weighted by molar-refractivity contribution is 0.222. The lowest BCUT2D eigenvalue weighted by atomic mass is 10.1. The molecule has 2 N–H and O–H groups in total. The summed E-state index contributed by atoms with van der Waals surface area (Å²) in [5.74, 6) is 0.734. The molecular weight excluding hydrogens is 340 g/mol. The molecule has 1 aromatic carbocycles. The molecule has 0 aliphatic heterocycles. The quantitative estimate of drug-likeness (QED) is 0.601. The van der Waals surface area contributed by atoms with Gasteiger partial charge in [0, 0.05) is 24.0 Å². The number of nitrogen functional groups attached to an aromatic ring is 1. The second-order valence-corrected chi connectivity index (χ2v) is 6.01. The Morgan fingerprint density at radius 3 is 2.85 bits per heavy atom. The number of anilines is 1. The summed E-state index contributed by atoms with van der Waals surface area (Å²) in [5.41, 5.74) is 8.90. The van der Waals surface area contributed by atoms with E-state index < -0.39 is 0 Å². The summed E-state index contributed by atoms with van der Waals surface area (Å²) in [6, 6.07) is 14.8. The van der Waals surface area contributed by atoms with Gasteiger partial charge in [-0.3, -0.25) is 4.98 Å². The fourth-order valence-corrected chi connectivity index (χ4v) is 2.91. The molecule has 7 heteroatoms. The van der Waals surface area contributed by atoms with Crippen LogP contribution in [0.25, 0.3) is 16.6 Å². The second-order valence-electron chi connectivity index (χ2n) is 6.01. The second kappa shape index (κ2) is 6.77. The first-order chi connectivity index (χ1) is 13.2. The summed E-state index contributed by atoms with van der Waals surface area (Å²) in [6.07, 6.45) is 4.89. The topological polar surface area (TPSA) is 103 Å². The summed E-state index contributed by atoms with van der Waals surface area (Å²) in [7, 11) is 0. The van der Waals surface area contributed by atoms with Crippen LogP contribution in [0.2, 0.25) is 0 Å². The maximum absolute atomic E-state index is 9.09. The summed E-state index contributed by atoms with van der Waals surface area (Å²) < 4.78 is 7.82. The molecule has 0 aliphatic rings. The number of pyridine rings is 2. The van der Waals surface area contributed by atoms with Gasteiger partial charge in [-0.15, -0.1) is 0 Å². The van der Waals surface area contributed by atoms with Crippen molar-refractivity contribution in [3.8, 4) is 17.5 Å². The molecule has 0 spiro atoms. The van der Waals surface area contributed by atoms with Crippen LogP contribution in [0.5, 0.6) is 5.75 Å². The van der Waals surface area contributed by atoms with E-state index in [1.54, 1.807) is 41.3 Å². The summed E-state index contributed by atoms with van der Waals surface area (Å²) in [4.78, 5) is 8.84. The van der Waals surface area contributed by atoms with Crippen molar-refractivity contribution in [2.75, 3.05) is 5.73 Å². The molecule has 7 nitrogen and oxygen atoms in total. The van der Waals surface area contributed by atoms with E-state index in [4.69, 9.17) is 15.7 Å². The molecule has 1 atom stereocenters. The van der Waals surface area contributed by atoms with Crippen molar-refractivity contribution in [3.63, 3.8) is 0 Å². The van der Waals surface area contributed by atoms with E-state index in [0.717, 1.165) is 16.8 Å². The molecule has 0 fully saturated rings. The first kappa shape index (κ1) is 16.5. The summed E-state index contributed by atoms with van der Waals surface area (Å²) in [5, 5.41) is 14.2. The minimum atomic E-state index is -0.383. The highest BCUT2D eigenvalue weighted by atomic mass is 16.5. The molecule has 0 bridgehead atoms. The zero-order chi connectivity index (χ0) is 18.8. The molecule has 0 amide bonds. The first-order valence-corrected chi connectivity index (χ1v) is 8.37. The van der Waals surface area contributed by atoms with Crippen LogP contribution in [0.3, 0.4) is 0 Å². The fraction of sp³-hybridized carbons (Fsp3) is 0.100. The smallest absolute Gasteiger partial charge is 0.166 e. The van der Waals surface area contributed by atoms with Gasteiger partial charge in [0.15, 0.2) is 11.6 Å². The Balaban J connectivity index is 1.70. The highest BCUT2D eigenvalue weighted by Crippen LogP contribution is 2.30. The Labute approximate surface area is 155 Å². The molecule has 4 aromatic rings. The van der Waals surface area contributed by atoms with Gasteiger partial charge in [-0.1, -0.05) is 0 Å². The van der Waals surface area contributed by atoms with Crippen LogP contribution in [0, 0.1) is 11.3 Å². The molecule has 3 heterocycles. The number of hydrogen-bond acceptors (Lipinski definition) is 6. The lowest BCUT2D eigenvalue weighted by Crippen LogP contribution is -2.11. The van der Waals surface area contributed by atoms with Crippen molar-refractivity contribution in [2.24, 2.45) is 0 Å². The first-order valence-electron chi connectivity index (χ1n) is 8.37. The normalized spacial score (nSPS) is 11.9. The number of benzene rings is 1. The standard InChI is InChI=1S/C20H16N6O/c1-13(19-17(4-2-7-23-19)26-9-3-8-24-26)27-18-11-15-10-14(12-21)5-6-16(15)25-20(18)22/h2-11,13H,1H3,(H2,22,25). The zero-order valence-corrected chi connectivity index (χ0v) is 14.6. The Bertz CT molecular complexity index is 1150. The van der Waals surface area contributed by atoms with Gasteiger partial charge in [-0.25, -0.2) is 9.67 Å². The number of nitrogens with zero attached hydrogens (tertiary/aromatic N) is 5. The molecule has 4 rings (SSSR count). The predicted molar refractivity (Wildman–Crippen MR) is 101 cm³/mol. The van der Waals surface area contributed by atoms with Gasteiger partial charge in [0.25, 0.3) is 0 Å². The van der Waals surface area contributed by atoms with Crippen LogP contribution >= 0.6 is 0 Å². The lowest BCUT2D eigenvalue weighted by Gasteiger charge is -2.18. The van der Waals surface area contributed by atoms with Gasteiger partial charge >= 0.3 is 0 Å². The van der Waals surface area contributed by atoms with Crippen molar-refractivity contribution in [3.05, 3.63) is 72.3 Å². The van der Waals surface area contributed by atoms with Gasteiger partial charge in [0.2, 0.25) is 0 Å². The third-order valence-electron chi connectivity index (χ3n) is 4.19. The maximum Gasteiger partial charge on any atom is 0.166 e. The molecule has 27 heavy (non-hydrogen) atoms.